The van der Waals surface area contributed by atoms with Crippen LogP contribution in [0, 0.1) is 0 Å². The van der Waals surface area contributed by atoms with E-state index in [0.717, 1.165) is 10.0 Å². The summed E-state index contributed by atoms with van der Waals surface area (Å²) in [5.74, 6) is -0.536. The molecule has 0 unspecified atom stereocenters. The van der Waals surface area contributed by atoms with Gasteiger partial charge in [0.15, 0.2) is 5.43 Å². The predicted molar refractivity (Wildman–Crippen MR) is 84.8 cm³/mol. The molecule has 2 heterocycles. The molecule has 3 rings (SSSR count). The fourth-order valence-corrected chi connectivity index (χ4v) is 3.61. The number of rotatable bonds is 3. The monoisotopic (exact) mass is 364 g/mol. The minimum absolute atomic E-state index is 0.184. The molecular weight excluding hydrogens is 356 g/mol. The number of hydrogen-bond donors (Lipinski definition) is 1. The second-order valence-corrected chi connectivity index (χ2v) is 6.07. The van der Waals surface area contributed by atoms with Gasteiger partial charge in [-0.1, -0.05) is 12.1 Å². The van der Waals surface area contributed by atoms with Gasteiger partial charge in [-0.3, -0.25) is 9.59 Å². The Morgan fingerprint density at radius 1 is 1.33 bits per heavy atom. The van der Waals surface area contributed by atoms with E-state index in [9.17, 15) is 9.59 Å². The topological polar surface area (TPSA) is 67.5 Å². The average molecular weight is 365 g/mol. The molecule has 0 amide bonds. The van der Waals surface area contributed by atoms with Gasteiger partial charge in [0.25, 0.3) is 0 Å². The number of thiophene rings is 1. The first kappa shape index (κ1) is 14.0. The lowest BCUT2D eigenvalue weighted by Gasteiger charge is -2.06. The van der Waals surface area contributed by atoms with Gasteiger partial charge >= 0.3 is 5.97 Å². The average Bonchev–Trinajstić information content (AvgIpc) is 2.85. The number of carboxylic acids is 1. The molecule has 0 radical (unpaired) electrons. The minimum Gasteiger partial charge on any atom is -0.481 e. The standard InChI is InChI=1S/C15H9BrO4S/c16-11-7-21-6-10(11)13-5-12(17)9-3-1-2-8(4-14(18)19)15(9)20-13/h1-3,5-7H,4H2,(H,18,19). The fraction of sp³-hybridized carbons (Fsp3) is 0.0667. The first-order valence-corrected chi connectivity index (χ1v) is 7.79. The van der Waals surface area contributed by atoms with Crippen molar-refractivity contribution in [1.29, 1.82) is 0 Å². The van der Waals surface area contributed by atoms with Gasteiger partial charge in [-0.05, 0) is 22.0 Å². The Labute approximate surface area is 131 Å². The van der Waals surface area contributed by atoms with Crippen LogP contribution in [0.15, 0.2) is 48.7 Å². The van der Waals surface area contributed by atoms with Gasteiger partial charge in [0.2, 0.25) is 0 Å². The summed E-state index contributed by atoms with van der Waals surface area (Å²) in [6.07, 6.45) is -0.186. The van der Waals surface area contributed by atoms with Crippen LogP contribution < -0.4 is 5.43 Å². The summed E-state index contributed by atoms with van der Waals surface area (Å²) >= 11 is 4.89. The molecule has 1 N–H and O–H groups in total. The molecule has 1 aromatic carbocycles. The predicted octanol–water partition coefficient (Wildman–Crippen LogP) is 3.91. The Bertz CT molecular complexity index is 894. The number of carboxylic acid groups (broad SMARTS) is 1. The van der Waals surface area contributed by atoms with Gasteiger partial charge in [0.05, 0.1) is 11.8 Å². The van der Waals surface area contributed by atoms with Crippen LogP contribution >= 0.6 is 27.3 Å². The largest absolute Gasteiger partial charge is 0.481 e. The second-order valence-electron chi connectivity index (χ2n) is 4.47. The molecule has 0 aliphatic rings. The summed E-state index contributed by atoms with van der Waals surface area (Å²) in [5, 5.41) is 13.1. The summed E-state index contributed by atoms with van der Waals surface area (Å²) in [5.41, 5.74) is 1.42. The van der Waals surface area contributed by atoms with Gasteiger partial charge < -0.3 is 9.52 Å². The van der Waals surface area contributed by atoms with Crippen molar-refractivity contribution in [2.75, 3.05) is 0 Å². The van der Waals surface area contributed by atoms with Gasteiger partial charge in [-0.25, -0.2) is 0 Å². The molecule has 106 valence electrons. The highest BCUT2D eigenvalue weighted by atomic mass is 79.9. The van der Waals surface area contributed by atoms with E-state index < -0.39 is 5.97 Å². The van der Waals surface area contributed by atoms with Crippen molar-refractivity contribution in [3.05, 3.63) is 55.3 Å². The molecule has 6 heteroatoms. The van der Waals surface area contributed by atoms with Crippen molar-refractivity contribution >= 4 is 44.2 Å². The summed E-state index contributed by atoms with van der Waals surface area (Å²) in [4.78, 5) is 23.2. The number of fused-ring (bicyclic) bond motifs is 1. The van der Waals surface area contributed by atoms with E-state index in [-0.39, 0.29) is 11.8 Å². The van der Waals surface area contributed by atoms with E-state index in [1.807, 2.05) is 10.8 Å². The first-order chi connectivity index (χ1) is 10.1. The molecule has 0 bridgehead atoms. The maximum atomic E-state index is 12.2. The molecular formula is C15H9BrO4S. The van der Waals surface area contributed by atoms with Crippen LogP contribution in [0.3, 0.4) is 0 Å². The van der Waals surface area contributed by atoms with Crippen molar-refractivity contribution in [2.24, 2.45) is 0 Å². The smallest absolute Gasteiger partial charge is 0.307 e. The molecule has 0 fully saturated rings. The van der Waals surface area contributed by atoms with Crippen LogP contribution in [0.4, 0.5) is 0 Å². The van der Waals surface area contributed by atoms with Gasteiger partial charge in [0, 0.05) is 32.4 Å². The minimum atomic E-state index is -0.965. The van der Waals surface area contributed by atoms with E-state index in [2.05, 4.69) is 15.9 Å². The highest BCUT2D eigenvalue weighted by Crippen LogP contribution is 2.32. The van der Waals surface area contributed by atoms with Crippen molar-refractivity contribution < 1.29 is 14.3 Å². The molecule has 4 nitrogen and oxygen atoms in total. The summed E-state index contributed by atoms with van der Waals surface area (Å²) in [6.45, 7) is 0. The second kappa shape index (κ2) is 5.46. The molecule has 0 aliphatic carbocycles. The Balaban J connectivity index is 2.29. The Kier molecular flexibility index (Phi) is 3.65. The van der Waals surface area contributed by atoms with E-state index >= 15 is 0 Å². The third kappa shape index (κ3) is 2.64. The van der Waals surface area contributed by atoms with Crippen LogP contribution in [0.1, 0.15) is 5.56 Å². The molecule has 0 saturated carbocycles. The summed E-state index contributed by atoms with van der Waals surface area (Å²) < 4.78 is 6.65. The van der Waals surface area contributed by atoms with Gasteiger partial charge in [0.1, 0.15) is 11.3 Å². The van der Waals surface area contributed by atoms with Crippen LogP contribution in [-0.2, 0) is 11.2 Å². The van der Waals surface area contributed by atoms with Gasteiger partial charge in [-0.2, -0.15) is 11.3 Å². The van der Waals surface area contributed by atoms with Crippen LogP contribution in [0.5, 0.6) is 0 Å². The number of para-hydroxylation sites is 1. The van der Waals surface area contributed by atoms with Gasteiger partial charge in [-0.15, -0.1) is 0 Å². The number of aliphatic carboxylic acids is 1. The lowest BCUT2D eigenvalue weighted by molar-refractivity contribution is -0.136. The molecule has 3 aromatic rings. The van der Waals surface area contributed by atoms with Crippen LogP contribution in [0.25, 0.3) is 22.3 Å². The van der Waals surface area contributed by atoms with Crippen molar-refractivity contribution in [3.8, 4) is 11.3 Å². The maximum absolute atomic E-state index is 12.2. The number of carbonyl (C=O) groups is 1. The fourth-order valence-electron chi connectivity index (χ4n) is 2.13. The van der Waals surface area contributed by atoms with Crippen molar-refractivity contribution in [1.82, 2.24) is 0 Å². The highest BCUT2D eigenvalue weighted by molar-refractivity contribution is 9.10. The summed E-state index contributed by atoms with van der Waals surface area (Å²) in [6, 6.07) is 6.39. The molecule has 0 saturated heterocycles. The van der Waals surface area contributed by atoms with Crippen LogP contribution in [0.2, 0.25) is 0 Å². The van der Waals surface area contributed by atoms with E-state index in [0.29, 0.717) is 22.3 Å². The lowest BCUT2D eigenvalue weighted by Crippen LogP contribution is -2.05. The van der Waals surface area contributed by atoms with Crippen LogP contribution in [-0.4, -0.2) is 11.1 Å². The molecule has 2 aromatic heterocycles. The quantitative estimate of drug-likeness (QED) is 0.764. The zero-order valence-electron chi connectivity index (χ0n) is 10.6. The first-order valence-electron chi connectivity index (χ1n) is 6.06. The summed E-state index contributed by atoms with van der Waals surface area (Å²) in [7, 11) is 0. The molecule has 21 heavy (non-hydrogen) atoms. The zero-order valence-corrected chi connectivity index (χ0v) is 13.0. The SMILES string of the molecule is O=C(O)Cc1cccc2c(=O)cc(-c3cscc3Br)oc12. The van der Waals surface area contributed by atoms with E-state index in [4.69, 9.17) is 9.52 Å². The number of halogens is 1. The van der Waals surface area contributed by atoms with Crippen molar-refractivity contribution in [3.63, 3.8) is 0 Å². The Morgan fingerprint density at radius 3 is 2.81 bits per heavy atom. The molecule has 0 atom stereocenters. The highest BCUT2D eigenvalue weighted by Gasteiger charge is 2.14. The Morgan fingerprint density at radius 2 is 2.14 bits per heavy atom. The van der Waals surface area contributed by atoms with Crippen molar-refractivity contribution in [2.45, 2.75) is 6.42 Å². The Hall–Kier alpha value is -1.92. The van der Waals surface area contributed by atoms with E-state index in [1.54, 1.807) is 18.2 Å². The van der Waals surface area contributed by atoms with E-state index in [1.165, 1.54) is 17.4 Å². The third-order valence-electron chi connectivity index (χ3n) is 3.06. The molecule has 0 aliphatic heterocycles. The third-order valence-corrected chi connectivity index (χ3v) is 4.76. The number of hydrogen-bond acceptors (Lipinski definition) is 4. The lowest BCUT2D eigenvalue weighted by atomic mass is 10.1. The number of benzene rings is 1. The maximum Gasteiger partial charge on any atom is 0.307 e. The zero-order chi connectivity index (χ0) is 15.0. The normalized spacial score (nSPS) is 10.9. The molecule has 0 spiro atoms.